The lowest BCUT2D eigenvalue weighted by molar-refractivity contribution is 0.567. The zero-order valence-electron chi connectivity index (χ0n) is 7.57. The number of hydrogen-bond acceptors (Lipinski definition) is 2. The quantitative estimate of drug-likeness (QED) is 0.791. The number of benzene rings is 1. The second kappa shape index (κ2) is 3.42. The lowest BCUT2D eigenvalue weighted by Crippen LogP contribution is -2.21. The molecule has 1 aliphatic rings. The van der Waals surface area contributed by atoms with Crippen LogP contribution in [0.2, 0.25) is 0 Å². The van der Waals surface area contributed by atoms with Crippen molar-refractivity contribution >= 4 is 15.9 Å². The first-order valence-corrected chi connectivity index (χ1v) is 5.66. The fraction of sp³-hybridized carbons (Fsp3) is 0.250. The van der Waals surface area contributed by atoms with Crippen LogP contribution < -0.4 is 4.72 Å². The van der Waals surface area contributed by atoms with Crippen LogP contribution in [0.5, 0.6) is 0 Å². The van der Waals surface area contributed by atoms with Gasteiger partial charge in [0, 0.05) is 19.2 Å². The lowest BCUT2D eigenvalue weighted by Gasteiger charge is -2.08. The van der Waals surface area contributed by atoms with E-state index in [1.807, 2.05) is 4.72 Å². The van der Waals surface area contributed by atoms with Crippen LogP contribution in [0, 0.1) is 11.6 Å². The highest BCUT2D eigenvalue weighted by atomic mass is 32.2. The zero-order valence-corrected chi connectivity index (χ0v) is 8.39. The molecule has 82 valence electrons. The van der Waals surface area contributed by atoms with E-state index in [9.17, 15) is 17.2 Å². The summed E-state index contributed by atoms with van der Waals surface area (Å²) in [5.74, 6) is -1.50. The Balaban J connectivity index is 2.27. The minimum Gasteiger partial charge on any atom is -0.268 e. The van der Waals surface area contributed by atoms with E-state index in [2.05, 4.69) is 0 Å². The van der Waals surface area contributed by atoms with Crippen LogP contribution in [-0.2, 0) is 10.2 Å². The molecule has 0 spiro atoms. The summed E-state index contributed by atoms with van der Waals surface area (Å²) >= 11 is 0. The van der Waals surface area contributed by atoms with Crippen LogP contribution >= 0.6 is 0 Å². The molecule has 0 radical (unpaired) electrons. The number of hydrogen-bond donors (Lipinski definition) is 1. The van der Waals surface area contributed by atoms with E-state index in [4.69, 9.17) is 0 Å². The molecule has 1 fully saturated rings. The lowest BCUT2D eigenvalue weighted by atomic mass is 10.3. The van der Waals surface area contributed by atoms with E-state index >= 15 is 0 Å². The maximum Gasteiger partial charge on any atom is 0.301 e. The molecule has 0 atom stereocenters. The van der Waals surface area contributed by atoms with Gasteiger partial charge in [-0.05, 0) is 12.1 Å². The molecular weight excluding hydrogens is 226 g/mol. The van der Waals surface area contributed by atoms with Crippen LogP contribution in [-0.4, -0.2) is 25.8 Å². The van der Waals surface area contributed by atoms with Gasteiger partial charge in [0.1, 0.15) is 11.6 Å². The number of anilines is 1. The van der Waals surface area contributed by atoms with E-state index in [1.165, 1.54) is 0 Å². The molecule has 7 heteroatoms. The second-order valence-electron chi connectivity index (χ2n) is 3.13. The first-order valence-electron chi connectivity index (χ1n) is 4.22. The summed E-state index contributed by atoms with van der Waals surface area (Å²) in [4.78, 5) is 0. The Morgan fingerprint density at radius 3 is 2.53 bits per heavy atom. The summed E-state index contributed by atoms with van der Waals surface area (Å²) in [5.41, 5.74) is -0.373. The molecular formula is C8H8F2N2O2S. The molecule has 1 aliphatic heterocycles. The minimum absolute atomic E-state index is 0.373. The molecule has 1 heterocycles. The summed E-state index contributed by atoms with van der Waals surface area (Å²) in [5, 5.41) is 0. The molecule has 4 nitrogen and oxygen atoms in total. The van der Waals surface area contributed by atoms with Crippen molar-refractivity contribution in [1.82, 2.24) is 4.31 Å². The maximum atomic E-state index is 13.1. The fourth-order valence-corrected chi connectivity index (χ4v) is 2.19. The SMILES string of the molecule is O=S(=O)(Nc1cc(F)ccc1F)N1CC1. The van der Waals surface area contributed by atoms with Crippen molar-refractivity contribution in [2.24, 2.45) is 0 Å². The van der Waals surface area contributed by atoms with Gasteiger partial charge in [-0.3, -0.25) is 4.72 Å². The molecule has 0 bridgehead atoms. The van der Waals surface area contributed by atoms with Gasteiger partial charge in [-0.1, -0.05) is 0 Å². The van der Waals surface area contributed by atoms with E-state index in [1.54, 1.807) is 0 Å². The van der Waals surface area contributed by atoms with Crippen molar-refractivity contribution in [3.63, 3.8) is 0 Å². The Kier molecular flexibility index (Phi) is 2.35. The molecule has 1 N–H and O–H groups in total. The predicted octanol–water partition coefficient (Wildman–Crippen LogP) is 0.937. The van der Waals surface area contributed by atoms with Gasteiger partial charge in [-0.2, -0.15) is 12.7 Å². The summed E-state index contributed by atoms with van der Waals surface area (Å²) in [6.45, 7) is 0.818. The molecule has 0 amide bonds. The Morgan fingerprint density at radius 2 is 1.93 bits per heavy atom. The van der Waals surface area contributed by atoms with E-state index in [0.717, 1.165) is 22.5 Å². The van der Waals surface area contributed by atoms with Gasteiger partial charge in [0.05, 0.1) is 5.69 Å². The largest absolute Gasteiger partial charge is 0.301 e. The molecule has 2 rings (SSSR count). The molecule has 1 aromatic carbocycles. The van der Waals surface area contributed by atoms with Crippen LogP contribution in [0.25, 0.3) is 0 Å². The van der Waals surface area contributed by atoms with E-state index in [-0.39, 0.29) is 5.69 Å². The Bertz CT molecular complexity index is 485. The Labute approximate surface area is 85.7 Å². The maximum absolute atomic E-state index is 13.1. The van der Waals surface area contributed by atoms with Crippen LogP contribution in [0.4, 0.5) is 14.5 Å². The number of nitrogens with zero attached hydrogens (tertiary/aromatic N) is 1. The highest BCUT2D eigenvalue weighted by Gasteiger charge is 2.32. The minimum atomic E-state index is -3.70. The molecule has 0 aromatic heterocycles. The smallest absolute Gasteiger partial charge is 0.268 e. The first kappa shape index (κ1) is 10.3. The van der Waals surface area contributed by atoms with Gasteiger partial charge in [-0.15, -0.1) is 0 Å². The topological polar surface area (TPSA) is 49.2 Å². The number of rotatable bonds is 3. The van der Waals surface area contributed by atoms with E-state index in [0.29, 0.717) is 13.1 Å². The molecule has 0 saturated carbocycles. The molecule has 15 heavy (non-hydrogen) atoms. The average molecular weight is 234 g/mol. The van der Waals surface area contributed by atoms with Crippen molar-refractivity contribution in [3.05, 3.63) is 29.8 Å². The normalized spacial score (nSPS) is 16.4. The number of halogens is 2. The summed E-state index contributed by atoms with van der Waals surface area (Å²) in [6.07, 6.45) is 0. The van der Waals surface area contributed by atoms with Gasteiger partial charge in [0.2, 0.25) is 0 Å². The predicted molar refractivity (Wildman–Crippen MR) is 50.5 cm³/mol. The summed E-state index contributed by atoms with van der Waals surface area (Å²) in [6, 6.07) is 2.59. The Morgan fingerprint density at radius 1 is 1.27 bits per heavy atom. The van der Waals surface area contributed by atoms with Crippen molar-refractivity contribution < 1.29 is 17.2 Å². The molecule has 0 unspecified atom stereocenters. The van der Waals surface area contributed by atoms with Crippen LogP contribution in [0.15, 0.2) is 18.2 Å². The molecule has 0 aliphatic carbocycles. The zero-order chi connectivity index (χ0) is 11.1. The van der Waals surface area contributed by atoms with Gasteiger partial charge in [0.25, 0.3) is 0 Å². The average Bonchev–Trinajstić information content (AvgIpc) is 2.93. The van der Waals surface area contributed by atoms with Crippen molar-refractivity contribution in [2.75, 3.05) is 17.8 Å². The Hall–Kier alpha value is -1.21. The third-order valence-corrected chi connectivity index (χ3v) is 3.44. The third-order valence-electron chi connectivity index (χ3n) is 1.91. The van der Waals surface area contributed by atoms with Gasteiger partial charge < -0.3 is 0 Å². The fourth-order valence-electron chi connectivity index (χ4n) is 1.06. The van der Waals surface area contributed by atoms with Gasteiger partial charge in [0.15, 0.2) is 0 Å². The first-order chi connectivity index (χ1) is 6.99. The highest BCUT2D eigenvalue weighted by Crippen LogP contribution is 2.20. The second-order valence-corrected chi connectivity index (χ2v) is 4.80. The highest BCUT2D eigenvalue weighted by molar-refractivity contribution is 7.90. The monoisotopic (exact) mass is 234 g/mol. The third kappa shape index (κ3) is 2.24. The molecule has 1 aromatic rings. The molecule has 1 saturated heterocycles. The summed E-state index contributed by atoms with van der Waals surface area (Å²) in [7, 11) is -3.70. The van der Waals surface area contributed by atoms with E-state index < -0.39 is 21.8 Å². The number of nitrogens with one attached hydrogen (secondary N) is 1. The van der Waals surface area contributed by atoms with Gasteiger partial charge in [-0.25, -0.2) is 8.78 Å². The van der Waals surface area contributed by atoms with Crippen molar-refractivity contribution in [3.8, 4) is 0 Å². The van der Waals surface area contributed by atoms with Crippen LogP contribution in [0.1, 0.15) is 0 Å². The van der Waals surface area contributed by atoms with Gasteiger partial charge >= 0.3 is 10.2 Å². The van der Waals surface area contributed by atoms with Crippen molar-refractivity contribution in [1.29, 1.82) is 0 Å². The van der Waals surface area contributed by atoms with Crippen molar-refractivity contribution in [2.45, 2.75) is 0 Å². The standard InChI is InChI=1S/C8H8F2N2O2S/c9-6-1-2-7(10)8(5-6)11-15(13,14)12-3-4-12/h1-2,5,11H,3-4H2. The van der Waals surface area contributed by atoms with Crippen LogP contribution in [0.3, 0.4) is 0 Å². The summed E-state index contributed by atoms with van der Waals surface area (Å²) < 4.78 is 51.6.